The van der Waals surface area contributed by atoms with Crippen LogP contribution in [0.3, 0.4) is 0 Å². The van der Waals surface area contributed by atoms with Gasteiger partial charge in [-0.15, -0.1) is 0 Å². The molecule has 2 aromatic heterocycles. The molecule has 9 heteroatoms. The van der Waals surface area contributed by atoms with Gasteiger partial charge in [0.1, 0.15) is 11.3 Å². The van der Waals surface area contributed by atoms with Crippen molar-refractivity contribution < 1.29 is 22.7 Å². The number of aromatic nitrogens is 3. The van der Waals surface area contributed by atoms with Crippen LogP contribution >= 0.6 is 0 Å². The summed E-state index contributed by atoms with van der Waals surface area (Å²) in [4.78, 5) is 17.0. The summed E-state index contributed by atoms with van der Waals surface area (Å²) in [5.41, 5.74) is -0.516. The highest BCUT2D eigenvalue weighted by molar-refractivity contribution is 6.00. The van der Waals surface area contributed by atoms with Crippen molar-refractivity contribution in [3.8, 4) is 17.0 Å². The molecular weight excluding hydrogens is 385 g/mol. The number of benzene rings is 1. The number of rotatable bonds is 4. The Kier molecular flexibility index (Phi) is 4.89. The Morgan fingerprint density at radius 1 is 1.21 bits per heavy atom. The van der Waals surface area contributed by atoms with Crippen molar-refractivity contribution in [3.63, 3.8) is 0 Å². The van der Waals surface area contributed by atoms with Gasteiger partial charge in [0.05, 0.1) is 19.0 Å². The van der Waals surface area contributed by atoms with Crippen molar-refractivity contribution in [3.05, 3.63) is 47.8 Å². The van der Waals surface area contributed by atoms with Gasteiger partial charge in [0, 0.05) is 11.6 Å². The molecule has 1 saturated carbocycles. The lowest BCUT2D eigenvalue weighted by atomic mass is 10.1. The molecule has 1 aromatic carbocycles. The maximum absolute atomic E-state index is 13.7. The molecule has 1 aliphatic rings. The van der Waals surface area contributed by atoms with E-state index in [1.165, 1.54) is 7.11 Å². The molecule has 1 N–H and O–H groups in total. The fourth-order valence-electron chi connectivity index (χ4n) is 3.57. The molecule has 29 heavy (non-hydrogen) atoms. The van der Waals surface area contributed by atoms with Gasteiger partial charge in [0.2, 0.25) is 0 Å². The van der Waals surface area contributed by atoms with Crippen molar-refractivity contribution in [1.29, 1.82) is 0 Å². The van der Waals surface area contributed by atoms with Crippen LogP contribution in [0.5, 0.6) is 5.75 Å². The third-order valence-electron chi connectivity index (χ3n) is 5.08. The summed E-state index contributed by atoms with van der Waals surface area (Å²) in [5, 5.41) is 6.67. The summed E-state index contributed by atoms with van der Waals surface area (Å²) < 4.78 is 46.7. The second-order valence-corrected chi connectivity index (χ2v) is 7.00. The van der Waals surface area contributed by atoms with E-state index in [2.05, 4.69) is 15.4 Å². The molecule has 152 valence electrons. The molecule has 1 fully saturated rings. The van der Waals surface area contributed by atoms with Gasteiger partial charge in [-0.05, 0) is 43.2 Å². The molecule has 0 aliphatic heterocycles. The first kappa shape index (κ1) is 19.2. The normalized spacial score (nSPS) is 15.0. The highest BCUT2D eigenvalue weighted by Gasteiger charge is 2.36. The molecular formula is C20H19F3N4O2. The van der Waals surface area contributed by atoms with Crippen LogP contribution < -0.4 is 10.1 Å². The number of nitrogens with one attached hydrogen (secondary N) is 1. The zero-order valence-electron chi connectivity index (χ0n) is 15.7. The molecule has 6 nitrogen and oxygen atoms in total. The van der Waals surface area contributed by atoms with Crippen LogP contribution in [-0.2, 0) is 6.18 Å². The predicted molar refractivity (Wildman–Crippen MR) is 99.7 cm³/mol. The summed E-state index contributed by atoms with van der Waals surface area (Å²) in [5.74, 6) is 0.117. The van der Waals surface area contributed by atoms with Gasteiger partial charge in [-0.2, -0.15) is 18.3 Å². The highest BCUT2D eigenvalue weighted by Crippen LogP contribution is 2.33. The maximum atomic E-state index is 13.7. The number of methoxy groups -OCH3 is 1. The van der Waals surface area contributed by atoms with Crippen LogP contribution in [0.15, 0.2) is 36.5 Å². The minimum atomic E-state index is -4.66. The maximum Gasteiger partial charge on any atom is 0.433 e. The van der Waals surface area contributed by atoms with Gasteiger partial charge in [0.25, 0.3) is 5.91 Å². The van der Waals surface area contributed by atoms with E-state index in [9.17, 15) is 18.0 Å². The van der Waals surface area contributed by atoms with Crippen molar-refractivity contribution in [2.45, 2.75) is 37.9 Å². The average molecular weight is 404 g/mol. The number of nitrogens with zero attached hydrogens (tertiary/aromatic N) is 3. The number of fused-ring (bicyclic) bond motifs is 1. The van der Waals surface area contributed by atoms with Crippen LogP contribution in [0.2, 0.25) is 0 Å². The lowest BCUT2D eigenvalue weighted by Gasteiger charge is -2.13. The fraction of sp³-hybridized carbons (Fsp3) is 0.350. The van der Waals surface area contributed by atoms with Crippen LogP contribution in [0.1, 0.15) is 41.7 Å². The van der Waals surface area contributed by atoms with E-state index in [-0.39, 0.29) is 22.9 Å². The number of ether oxygens (including phenoxy) is 1. The first-order valence-corrected chi connectivity index (χ1v) is 9.28. The number of hydrogen-bond donors (Lipinski definition) is 1. The van der Waals surface area contributed by atoms with Gasteiger partial charge in [-0.3, -0.25) is 4.79 Å². The number of alkyl halides is 3. The highest BCUT2D eigenvalue weighted by atomic mass is 19.4. The van der Waals surface area contributed by atoms with E-state index < -0.39 is 17.8 Å². The minimum Gasteiger partial charge on any atom is -0.497 e. The third kappa shape index (κ3) is 3.76. The van der Waals surface area contributed by atoms with E-state index in [1.807, 2.05) is 0 Å². The number of amides is 1. The first-order chi connectivity index (χ1) is 13.9. The Morgan fingerprint density at radius 3 is 2.52 bits per heavy atom. The molecule has 3 aromatic rings. The zero-order chi connectivity index (χ0) is 20.6. The largest absolute Gasteiger partial charge is 0.497 e. The van der Waals surface area contributed by atoms with Gasteiger partial charge in [0.15, 0.2) is 11.3 Å². The van der Waals surface area contributed by atoms with Crippen LogP contribution in [0.4, 0.5) is 13.2 Å². The minimum absolute atomic E-state index is 0.0257. The van der Waals surface area contributed by atoms with Gasteiger partial charge in [-0.1, -0.05) is 12.8 Å². The molecule has 1 amide bonds. The zero-order valence-corrected chi connectivity index (χ0v) is 15.7. The standard InChI is InChI=1S/C20H19F3N4O2/c1-29-14-8-6-12(7-9-14)16-10-17(20(21,22)23)27-18(26-16)15(11-24-27)19(28)25-13-4-2-3-5-13/h6-11,13H,2-5H2,1H3,(H,25,28). The van der Waals surface area contributed by atoms with Crippen molar-refractivity contribution in [1.82, 2.24) is 19.9 Å². The number of halogens is 3. The van der Waals surface area contributed by atoms with Gasteiger partial charge < -0.3 is 10.1 Å². The Balaban J connectivity index is 1.81. The van der Waals surface area contributed by atoms with E-state index in [0.717, 1.165) is 37.9 Å². The molecule has 0 unspecified atom stereocenters. The average Bonchev–Trinajstić information content (AvgIpc) is 3.36. The quantitative estimate of drug-likeness (QED) is 0.711. The topological polar surface area (TPSA) is 68.5 Å². The summed E-state index contributed by atoms with van der Waals surface area (Å²) in [6, 6.07) is 7.47. The molecule has 1 aliphatic carbocycles. The second-order valence-electron chi connectivity index (χ2n) is 7.00. The first-order valence-electron chi connectivity index (χ1n) is 9.28. The van der Waals surface area contributed by atoms with Crippen LogP contribution in [-0.4, -0.2) is 33.7 Å². The molecule has 4 rings (SSSR count). The Morgan fingerprint density at radius 2 is 1.90 bits per heavy atom. The SMILES string of the molecule is COc1ccc(-c2cc(C(F)(F)F)n3ncc(C(=O)NC4CCCC4)c3n2)cc1. The summed E-state index contributed by atoms with van der Waals surface area (Å²) >= 11 is 0. The van der Waals surface area contributed by atoms with E-state index in [1.54, 1.807) is 24.3 Å². The van der Waals surface area contributed by atoms with Crippen LogP contribution in [0.25, 0.3) is 16.9 Å². The third-order valence-corrected chi connectivity index (χ3v) is 5.08. The smallest absolute Gasteiger partial charge is 0.433 e. The van der Waals surface area contributed by atoms with Gasteiger partial charge in [-0.25, -0.2) is 9.50 Å². The molecule has 0 atom stereocenters. The number of carbonyl (C=O) groups is 1. The van der Waals surface area contributed by atoms with E-state index in [0.29, 0.717) is 15.8 Å². The van der Waals surface area contributed by atoms with Crippen molar-refractivity contribution in [2.75, 3.05) is 7.11 Å². The molecule has 2 heterocycles. The lowest BCUT2D eigenvalue weighted by molar-refractivity contribution is -0.142. The molecule has 0 spiro atoms. The summed E-state index contributed by atoms with van der Waals surface area (Å²) in [6.07, 6.45) is 0.259. The summed E-state index contributed by atoms with van der Waals surface area (Å²) in [6.45, 7) is 0. The Bertz CT molecular complexity index is 1040. The van der Waals surface area contributed by atoms with Gasteiger partial charge >= 0.3 is 6.18 Å². The number of hydrogen-bond acceptors (Lipinski definition) is 4. The Labute approximate surface area is 164 Å². The molecule has 0 saturated heterocycles. The van der Waals surface area contributed by atoms with E-state index in [4.69, 9.17) is 4.74 Å². The fourth-order valence-corrected chi connectivity index (χ4v) is 3.57. The molecule has 0 radical (unpaired) electrons. The summed E-state index contributed by atoms with van der Waals surface area (Å²) in [7, 11) is 1.50. The lowest BCUT2D eigenvalue weighted by Crippen LogP contribution is -2.32. The van der Waals surface area contributed by atoms with Crippen molar-refractivity contribution in [2.24, 2.45) is 0 Å². The Hall–Kier alpha value is -3.10. The monoisotopic (exact) mass is 404 g/mol. The van der Waals surface area contributed by atoms with Crippen LogP contribution in [0, 0.1) is 0 Å². The predicted octanol–water partition coefficient (Wildman–Crippen LogP) is 4.10. The van der Waals surface area contributed by atoms with E-state index >= 15 is 0 Å². The van der Waals surface area contributed by atoms with Crippen molar-refractivity contribution >= 4 is 11.6 Å². The second kappa shape index (κ2) is 7.38. The molecule has 0 bridgehead atoms. The number of carbonyl (C=O) groups excluding carboxylic acids is 1.